The molecule has 2 heterocycles. The number of nitrogens with one attached hydrogen (secondary N) is 1. The van der Waals surface area contributed by atoms with Crippen LogP contribution in [0.1, 0.15) is 22.5 Å². The lowest BCUT2D eigenvalue weighted by Gasteiger charge is -2.06. The number of nitrogens with zero attached hydrogens (tertiary/aromatic N) is 1. The third kappa shape index (κ3) is 1.94. The van der Waals surface area contributed by atoms with Crippen molar-refractivity contribution < 1.29 is 28.2 Å². The van der Waals surface area contributed by atoms with Crippen LogP contribution in [0.3, 0.4) is 0 Å². The molecule has 2 N–H and O–H groups in total. The molecule has 20 heavy (non-hydrogen) atoms. The Morgan fingerprint density at radius 1 is 1.35 bits per heavy atom. The molecule has 6 nitrogen and oxygen atoms in total. The van der Waals surface area contributed by atoms with Gasteiger partial charge in [-0.3, -0.25) is 5.10 Å². The Kier molecular flexibility index (Phi) is 2.78. The number of halogens is 2. The summed E-state index contributed by atoms with van der Waals surface area (Å²) in [5.41, 5.74) is 0.0740. The first-order chi connectivity index (χ1) is 9.56. The van der Waals surface area contributed by atoms with Crippen LogP contribution in [0.25, 0.3) is 11.3 Å². The molecule has 0 amide bonds. The second-order valence-corrected chi connectivity index (χ2v) is 4.07. The number of fused-ring (bicyclic) bond motifs is 1. The van der Waals surface area contributed by atoms with E-state index < -0.39 is 12.4 Å². The first-order valence-electron chi connectivity index (χ1n) is 5.57. The van der Waals surface area contributed by atoms with E-state index in [1.807, 2.05) is 0 Å². The minimum Gasteiger partial charge on any atom is -0.477 e. The number of aromatic nitrogens is 2. The number of aromatic carboxylic acids is 1. The van der Waals surface area contributed by atoms with Crippen LogP contribution in [0.2, 0.25) is 0 Å². The molecule has 8 heteroatoms. The summed E-state index contributed by atoms with van der Waals surface area (Å²) >= 11 is 0. The van der Waals surface area contributed by atoms with Crippen LogP contribution in [-0.2, 0) is 0 Å². The minimum absolute atomic E-state index is 0.0781. The summed E-state index contributed by atoms with van der Waals surface area (Å²) in [6.07, 6.45) is -2.68. The maximum Gasteiger partial charge on any atom is 0.353 e. The van der Waals surface area contributed by atoms with Crippen LogP contribution in [-0.4, -0.2) is 28.1 Å². The summed E-state index contributed by atoms with van der Waals surface area (Å²) in [4.78, 5) is 10.8. The SMILES string of the molecule is O=C(O)c1cc(-c2cc(C(F)F)cc3c2OCO3)n[nH]1. The lowest BCUT2D eigenvalue weighted by molar-refractivity contribution is 0.0690. The van der Waals surface area contributed by atoms with Crippen molar-refractivity contribution in [3.63, 3.8) is 0 Å². The Bertz CT molecular complexity index is 684. The van der Waals surface area contributed by atoms with Gasteiger partial charge in [-0.15, -0.1) is 0 Å². The van der Waals surface area contributed by atoms with E-state index in [2.05, 4.69) is 10.2 Å². The second-order valence-electron chi connectivity index (χ2n) is 4.07. The number of hydrogen-bond acceptors (Lipinski definition) is 4. The quantitative estimate of drug-likeness (QED) is 0.903. The number of carbonyl (C=O) groups is 1. The van der Waals surface area contributed by atoms with Gasteiger partial charge in [-0.2, -0.15) is 5.10 Å². The van der Waals surface area contributed by atoms with E-state index in [-0.39, 0.29) is 40.8 Å². The fraction of sp³-hybridized carbons (Fsp3) is 0.167. The average molecular weight is 282 g/mol. The molecule has 0 saturated heterocycles. The van der Waals surface area contributed by atoms with Gasteiger partial charge in [0.15, 0.2) is 11.5 Å². The summed E-state index contributed by atoms with van der Waals surface area (Å²) in [5, 5.41) is 14.9. The molecular weight excluding hydrogens is 274 g/mol. The predicted octanol–water partition coefficient (Wildman–Crippen LogP) is 2.44. The highest BCUT2D eigenvalue weighted by atomic mass is 19.3. The topological polar surface area (TPSA) is 84.4 Å². The van der Waals surface area contributed by atoms with Gasteiger partial charge in [-0.05, 0) is 18.2 Å². The molecule has 0 fully saturated rings. The maximum atomic E-state index is 12.8. The zero-order valence-electron chi connectivity index (χ0n) is 9.89. The largest absolute Gasteiger partial charge is 0.477 e. The van der Waals surface area contributed by atoms with Crippen LogP contribution < -0.4 is 9.47 Å². The van der Waals surface area contributed by atoms with Crippen molar-refractivity contribution >= 4 is 5.97 Å². The Labute approximate surface area is 110 Å². The van der Waals surface area contributed by atoms with Crippen LogP contribution in [0.15, 0.2) is 18.2 Å². The zero-order valence-corrected chi connectivity index (χ0v) is 9.89. The van der Waals surface area contributed by atoms with Crippen molar-refractivity contribution in [3.8, 4) is 22.8 Å². The molecule has 0 spiro atoms. The van der Waals surface area contributed by atoms with Crippen LogP contribution in [0.5, 0.6) is 11.5 Å². The van der Waals surface area contributed by atoms with Crippen molar-refractivity contribution in [1.29, 1.82) is 0 Å². The van der Waals surface area contributed by atoms with E-state index in [1.54, 1.807) is 0 Å². The van der Waals surface area contributed by atoms with E-state index in [4.69, 9.17) is 14.6 Å². The molecule has 1 aliphatic heterocycles. The minimum atomic E-state index is -2.68. The maximum absolute atomic E-state index is 12.8. The fourth-order valence-electron chi connectivity index (χ4n) is 1.92. The van der Waals surface area contributed by atoms with E-state index in [1.165, 1.54) is 18.2 Å². The van der Waals surface area contributed by atoms with Crippen LogP contribution >= 0.6 is 0 Å². The van der Waals surface area contributed by atoms with Crippen LogP contribution in [0.4, 0.5) is 8.78 Å². The molecule has 0 unspecified atom stereocenters. The van der Waals surface area contributed by atoms with E-state index >= 15 is 0 Å². The summed E-state index contributed by atoms with van der Waals surface area (Å²) in [7, 11) is 0. The van der Waals surface area contributed by atoms with Crippen molar-refractivity contribution in [2.75, 3.05) is 6.79 Å². The lowest BCUT2D eigenvalue weighted by atomic mass is 10.1. The molecule has 0 saturated carbocycles. The summed E-state index contributed by atoms with van der Waals surface area (Å²) in [6.45, 7) is -0.0781. The molecule has 0 aliphatic carbocycles. The van der Waals surface area contributed by atoms with Gasteiger partial charge in [0.05, 0.1) is 5.69 Å². The second kappa shape index (κ2) is 4.48. The number of alkyl halides is 2. The number of aromatic amines is 1. The van der Waals surface area contributed by atoms with Crippen molar-refractivity contribution in [2.45, 2.75) is 6.43 Å². The lowest BCUT2D eigenvalue weighted by Crippen LogP contribution is -1.95. The number of hydrogen-bond donors (Lipinski definition) is 2. The number of carboxylic acid groups (broad SMARTS) is 1. The molecule has 1 aromatic heterocycles. The Morgan fingerprint density at radius 2 is 2.15 bits per heavy atom. The first kappa shape index (κ1) is 12.4. The van der Waals surface area contributed by atoms with Gasteiger partial charge in [-0.1, -0.05) is 0 Å². The van der Waals surface area contributed by atoms with Gasteiger partial charge in [0.1, 0.15) is 5.69 Å². The van der Waals surface area contributed by atoms with Crippen molar-refractivity contribution in [1.82, 2.24) is 10.2 Å². The Morgan fingerprint density at radius 3 is 2.80 bits per heavy atom. The number of rotatable bonds is 3. The summed E-state index contributed by atoms with van der Waals surface area (Å²) < 4.78 is 36.0. The van der Waals surface area contributed by atoms with Crippen molar-refractivity contribution in [2.24, 2.45) is 0 Å². The zero-order chi connectivity index (χ0) is 14.3. The van der Waals surface area contributed by atoms with Gasteiger partial charge in [-0.25, -0.2) is 13.6 Å². The molecule has 0 radical (unpaired) electrons. The molecular formula is C12H8F2N2O4. The third-order valence-electron chi connectivity index (χ3n) is 2.83. The van der Waals surface area contributed by atoms with E-state index in [9.17, 15) is 13.6 Å². The highest BCUT2D eigenvalue weighted by molar-refractivity contribution is 5.87. The normalized spacial score (nSPS) is 12.9. The smallest absolute Gasteiger partial charge is 0.353 e. The van der Waals surface area contributed by atoms with Crippen LogP contribution in [0, 0.1) is 0 Å². The predicted molar refractivity (Wildman–Crippen MR) is 62.1 cm³/mol. The molecule has 104 valence electrons. The molecule has 0 bridgehead atoms. The highest BCUT2D eigenvalue weighted by Crippen LogP contribution is 2.43. The number of ether oxygens (including phenoxy) is 2. The molecule has 1 aliphatic rings. The fourth-order valence-corrected chi connectivity index (χ4v) is 1.92. The first-order valence-corrected chi connectivity index (χ1v) is 5.57. The van der Waals surface area contributed by atoms with Gasteiger partial charge < -0.3 is 14.6 Å². The standard InChI is InChI=1S/C12H8F2N2O4/c13-11(14)5-1-6(10-9(2-5)19-4-20-10)7-3-8(12(17)18)16-15-7/h1-3,11H,4H2,(H,15,16)(H,17,18). The average Bonchev–Trinajstić information content (AvgIpc) is 3.06. The molecule has 1 aromatic carbocycles. The highest BCUT2D eigenvalue weighted by Gasteiger charge is 2.24. The third-order valence-corrected chi connectivity index (χ3v) is 2.83. The Balaban J connectivity index is 2.14. The molecule has 3 rings (SSSR count). The number of carboxylic acids is 1. The number of benzene rings is 1. The summed E-state index contributed by atoms with van der Waals surface area (Å²) in [6, 6.07) is 3.65. The number of H-pyrrole nitrogens is 1. The monoisotopic (exact) mass is 282 g/mol. The van der Waals surface area contributed by atoms with Gasteiger partial charge in [0, 0.05) is 11.1 Å². The van der Waals surface area contributed by atoms with E-state index in [0.717, 1.165) is 0 Å². The molecule has 0 atom stereocenters. The van der Waals surface area contributed by atoms with Gasteiger partial charge in [0.25, 0.3) is 6.43 Å². The van der Waals surface area contributed by atoms with Gasteiger partial charge in [0.2, 0.25) is 6.79 Å². The van der Waals surface area contributed by atoms with Crippen molar-refractivity contribution in [3.05, 3.63) is 29.5 Å². The van der Waals surface area contributed by atoms with E-state index in [0.29, 0.717) is 0 Å². The summed E-state index contributed by atoms with van der Waals surface area (Å²) in [5.74, 6) is -0.724. The molecule has 2 aromatic rings. The Hall–Kier alpha value is -2.64. The van der Waals surface area contributed by atoms with Gasteiger partial charge >= 0.3 is 5.97 Å².